The fourth-order valence-electron chi connectivity index (χ4n) is 2.20. The number of hydrogen-bond donors (Lipinski definition) is 1. The van der Waals surface area contributed by atoms with E-state index in [-0.39, 0.29) is 0 Å². The van der Waals surface area contributed by atoms with Crippen LogP contribution in [0.25, 0.3) is 0 Å². The molecule has 0 saturated carbocycles. The maximum Gasteiger partial charge on any atom is 0.416 e. The molecule has 0 bridgehead atoms. The molecule has 6 heteroatoms. The maximum absolute atomic E-state index is 12.5. The van der Waals surface area contributed by atoms with Crippen molar-refractivity contribution in [2.45, 2.75) is 38.6 Å². The Balaban J connectivity index is 1.98. The molecule has 3 nitrogen and oxygen atoms in total. The summed E-state index contributed by atoms with van der Waals surface area (Å²) in [5, 5.41) is 10.0. The van der Waals surface area contributed by atoms with E-state index in [4.69, 9.17) is 0 Å². The van der Waals surface area contributed by atoms with Crippen molar-refractivity contribution in [1.29, 1.82) is 0 Å². The number of rotatable bonds is 5. The Morgan fingerprint density at radius 1 is 1.19 bits per heavy atom. The van der Waals surface area contributed by atoms with Gasteiger partial charge in [-0.15, -0.1) is 0 Å². The normalized spacial score (nSPS) is 13.4. The highest BCUT2D eigenvalue weighted by Crippen LogP contribution is 2.29. The van der Waals surface area contributed by atoms with E-state index in [0.717, 1.165) is 24.5 Å². The van der Waals surface area contributed by atoms with E-state index in [2.05, 4.69) is 4.98 Å². The van der Waals surface area contributed by atoms with Crippen LogP contribution in [0.5, 0.6) is 0 Å². The molecule has 0 aliphatic carbocycles. The minimum atomic E-state index is -4.33. The number of hydrogen-bond acceptors (Lipinski definition) is 2. The molecule has 0 radical (unpaired) electrons. The lowest BCUT2D eigenvalue weighted by molar-refractivity contribution is -0.137. The highest BCUT2D eigenvalue weighted by molar-refractivity contribution is 5.25. The molecule has 0 fully saturated rings. The number of benzene rings is 1. The minimum Gasteiger partial charge on any atom is -0.392 e. The number of nitrogens with zero attached hydrogens (tertiary/aromatic N) is 2. The smallest absolute Gasteiger partial charge is 0.392 e. The van der Waals surface area contributed by atoms with E-state index in [1.165, 1.54) is 12.1 Å². The molecule has 114 valence electrons. The summed E-state index contributed by atoms with van der Waals surface area (Å²) in [5.74, 6) is 0.775. The number of aliphatic hydroxyl groups excluding tert-OH is 1. The van der Waals surface area contributed by atoms with Crippen LogP contribution in [-0.4, -0.2) is 20.8 Å². The monoisotopic (exact) mass is 298 g/mol. The van der Waals surface area contributed by atoms with Crippen molar-refractivity contribution in [3.05, 3.63) is 53.6 Å². The van der Waals surface area contributed by atoms with Gasteiger partial charge < -0.3 is 9.67 Å². The highest BCUT2D eigenvalue weighted by atomic mass is 19.4. The molecule has 1 N–H and O–H groups in total. The van der Waals surface area contributed by atoms with E-state index >= 15 is 0 Å². The Labute approximate surface area is 121 Å². The van der Waals surface area contributed by atoms with Gasteiger partial charge in [-0.3, -0.25) is 0 Å². The predicted molar refractivity (Wildman–Crippen MR) is 72.8 cm³/mol. The Kier molecular flexibility index (Phi) is 4.67. The summed E-state index contributed by atoms with van der Waals surface area (Å²) in [7, 11) is 0. The van der Waals surface area contributed by atoms with Crippen molar-refractivity contribution in [1.82, 2.24) is 9.55 Å². The molecule has 1 unspecified atom stereocenters. The molecule has 0 spiro atoms. The van der Waals surface area contributed by atoms with Crippen LogP contribution >= 0.6 is 0 Å². The van der Waals surface area contributed by atoms with Gasteiger partial charge >= 0.3 is 6.18 Å². The summed E-state index contributed by atoms with van der Waals surface area (Å²) in [6.07, 6.45) is -0.821. The molecular weight excluding hydrogens is 281 g/mol. The van der Waals surface area contributed by atoms with Crippen LogP contribution in [0.15, 0.2) is 36.7 Å². The maximum atomic E-state index is 12.5. The van der Waals surface area contributed by atoms with Crippen LogP contribution in [0, 0.1) is 0 Å². The number of aromatic nitrogens is 2. The average molecular weight is 298 g/mol. The first-order chi connectivity index (χ1) is 9.90. The number of aryl methyl sites for hydroxylation is 1. The minimum absolute atomic E-state index is 0.300. The van der Waals surface area contributed by atoms with Gasteiger partial charge in [-0.25, -0.2) is 4.98 Å². The van der Waals surface area contributed by atoms with E-state index < -0.39 is 17.8 Å². The van der Waals surface area contributed by atoms with Gasteiger partial charge in [-0.1, -0.05) is 12.1 Å². The molecule has 0 aliphatic heterocycles. The number of halogens is 3. The van der Waals surface area contributed by atoms with Crippen molar-refractivity contribution in [2.75, 3.05) is 0 Å². The van der Waals surface area contributed by atoms with Crippen LogP contribution in [0.2, 0.25) is 0 Å². The molecule has 0 saturated heterocycles. The highest BCUT2D eigenvalue weighted by Gasteiger charge is 2.29. The van der Waals surface area contributed by atoms with Crippen LogP contribution in [0.3, 0.4) is 0 Å². The molecule has 0 aliphatic rings. The Morgan fingerprint density at radius 3 is 2.43 bits per heavy atom. The third-order valence-electron chi connectivity index (χ3n) is 3.31. The van der Waals surface area contributed by atoms with Crippen molar-refractivity contribution >= 4 is 0 Å². The Morgan fingerprint density at radius 2 is 1.86 bits per heavy atom. The topological polar surface area (TPSA) is 38.0 Å². The average Bonchev–Trinajstić information content (AvgIpc) is 2.85. The second kappa shape index (κ2) is 6.30. The molecule has 2 aromatic rings. The molecule has 0 amide bonds. The second-order valence-electron chi connectivity index (χ2n) is 4.89. The lowest BCUT2D eigenvalue weighted by Gasteiger charge is -2.12. The van der Waals surface area contributed by atoms with Crippen molar-refractivity contribution in [3.8, 4) is 0 Å². The molecule has 2 rings (SSSR count). The quantitative estimate of drug-likeness (QED) is 0.921. The van der Waals surface area contributed by atoms with Crippen LogP contribution in [-0.2, 0) is 25.6 Å². The zero-order valence-corrected chi connectivity index (χ0v) is 11.6. The molecular formula is C15H17F3N2O. The molecule has 1 aromatic heterocycles. The zero-order valence-electron chi connectivity index (χ0n) is 11.6. The third kappa shape index (κ3) is 4.07. The Bertz CT molecular complexity index is 575. The van der Waals surface area contributed by atoms with E-state index in [1.54, 1.807) is 6.20 Å². The van der Waals surface area contributed by atoms with Gasteiger partial charge in [0.05, 0.1) is 11.7 Å². The molecule has 1 heterocycles. The summed E-state index contributed by atoms with van der Waals surface area (Å²) in [5.41, 5.74) is -0.00706. The Hall–Kier alpha value is -1.82. The summed E-state index contributed by atoms with van der Waals surface area (Å²) >= 11 is 0. The van der Waals surface area contributed by atoms with Gasteiger partial charge in [0.15, 0.2) is 0 Å². The van der Waals surface area contributed by atoms with Gasteiger partial charge in [0.2, 0.25) is 0 Å². The second-order valence-corrected chi connectivity index (χ2v) is 4.89. The van der Waals surface area contributed by atoms with Crippen LogP contribution in [0.4, 0.5) is 13.2 Å². The van der Waals surface area contributed by atoms with Crippen LogP contribution < -0.4 is 0 Å². The first-order valence-electron chi connectivity index (χ1n) is 6.74. The fraction of sp³-hybridized carbons (Fsp3) is 0.400. The number of alkyl halides is 3. The van der Waals surface area contributed by atoms with Crippen molar-refractivity contribution in [2.24, 2.45) is 0 Å². The summed E-state index contributed by atoms with van der Waals surface area (Å²) in [4.78, 5) is 4.17. The lowest BCUT2D eigenvalue weighted by atomic mass is 10.0. The summed E-state index contributed by atoms with van der Waals surface area (Å²) in [6.45, 7) is 2.75. The zero-order chi connectivity index (χ0) is 15.5. The van der Waals surface area contributed by atoms with Gasteiger partial charge in [0, 0.05) is 25.4 Å². The molecule has 1 aromatic carbocycles. The van der Waals surface area contributed by atoms with E-state index in [9.17, 15) is 18.3 Å². The number of aliphatic hydroxyl groups is 1. The third-order valence-corrected chi connectivity index (χ3v) is 3.31. The van der Waals surface area contributed by atoms with E-state index in [0.29, 0.717) is 18.4 Å². The molecule has 21 heavy (non-hydrogen) atoms. The van der Waals surface area contributed by atoms with Gasteiger partial charge in [-0.05, 0) is 31.0 Å². The summed E-state index contributed by atoms with van der Waals surface area (Å²) in [6, 6.07) is 4.88. The summed E-state index contributed by atoms with van der Waals surface area (Å²) < 4.78 is 39.3. The first-order valence-corrected chi connectivity index (χ1v) is 6.74. The first kappa shape index (κ1) is 15.6. The molecule has 1 atom stereocenters. The lowest BCUT2D eigenvalue weighted by Crippen LogP contribution is -2.17. The van der Waals surface area contributed by atoms with Gasteiger partial charge in [-0.2, -0.15) is 13.2 Å². The number of imidazole rings is 1. The van der Waals surface area contributed by atoms with Crippen molar-refractivity contribution in [3.63, 3.8) is 0 Å². The van der Waals surface area contributed by atoms with Gasteiger partial charge in [0.1, 0.15) is 5.82 Å². The van der Waals surface area contributed by atoms with Gasteiger partial charge in [0.25, 0.3) is 0 Å². The van der Waals surface area contributed by atoms with Crippen LogP contribution in [0.1, 0.15) is 23.9 Å². The van der Waals surface area contributed by atoms with Crippen molar-refractivity contribution < 1.29 is 18.3 Å². The fourth-order valence-corrected chi connectivity index (χ4v) is 2.20. The SMILES string of the molecule is CCn1ccnc1CC(O)Cc1ccc(C(F)(F)F)cc1. The van der Waals surface area contributed by atoms with E-state index in [1.807, 2.05) is 17.7 Å². The standard InChI is InChI=1S/C15H17F3N2O/c1-2-20-8-7-19-14(20)10-13(21)9-11-3-5-12(6-4-11)15(16,17)18/h3-8,13,21H,2,9-10H2,1H3. The largest absolute Gasteiger partial charge is 0.416 e. The predicted octanol–water partition coefficient (Wildman–Crippen LogP) is 3.07.